The molecule has 2 heterocycles. The Balaban J connectivity index is 1.99. The average Bonchev–Trinajstić information content (AvgIpc) is 2.46. The van der Waals surface area contributed by atoms with Crippen LogP contribution in [0.5, 0.6) is 0 Å². The van der Waals surface area contributed by atoms with E-state index >= 15 is 0 Å². The second-order valence-electron chi connectivity index (χ2n) is 4.21. The number of carbonyl (C=O) groups is 1. The van der Waals surface area contributed by atoms with E-state index in [0.29, 0.717) is 18.8 Å². The summed E-state index contributed by atoms with van der Waals surface area (Å²) in [7, 11) is 0. The van der Waals surface area contributed by atoms with Crippen molar-refractivity contribution in [2.75, 3.05) is 0 Å². The number of nitrogens with one attached hydrogen (secondary N) is 1. The van der Waals surface area contributed by atoms with Gasteiger partial charge in [0.1, 0.15) is 5.69 Å². The molecule has 0 radical (unpaired) electrons. The molecule has 0 aliphatic rings. The Morgan fingerprint density at radius 2 is 2.16 bits per heavy atom. The Hall–Kier alpha value is -2.27. The Morgan fingerprint density at radius 1 is 1.32 bits per heavy atom. The van der Waals surface area contributed by atoms with Gasteiger partial charge in [0.25, 0.3) is 5.91 Å². The summed E-state index contributed by atoms with van der Waals surface area (Å²) < 4.78 is 0. The van der Waals surface area contributed by atoms with Crippen molar-refractivity contribution in [3.63, 3.8) is 0 Å². The first-order chi connectivity index (χ1) is 9.20. The van der Waals surface area contributed by atoms with Crippen molar-refractivity contribution < 1.29 is 4.79 Å². The van der Waals surface area contributed by atoms with Gasteiger partial charge in [-0.3, -0.25) is 14.8 Å². The molecule has 0 aliphatic carbocycles. The molecule has 0 aromatic carbocycles. The van der Waals surface area contributed by atoms with Gasteiger partial charge in [0.15, 0.2) is 0 Å². The van der Waals surface area contributed by atoms with Crippen LogP contribution in [0.4, 0.5) is 0 Å². The Morgan fingerprint density at radius 3 is 2.79 bits per heavy atom. The van der Waals surface area contributed by atoms with E-state index in [4.69, 9.17) is 5.73 Å². The Labute approximate surface area is 111 Å². The summed E-state index contributed by atoms with van der Waals surface area (Å²) >= 11 is 0. The molecule has 5 nitrogen and oxygen atoms in total. The normalized spacial score (nSPS) is 10.2. The van der Waals surface area contributed by atoms with Crippen LogP contribution in [0.1, 0.15) is 27.3 Å². The quantitative estimate of drug-likeness (QED) is 0.860. The molecular formula is C14H16N4O. The van der Waals surface area contributed by atoms with Crippen LogP contribution in [0.15, 0.2) is 36.7 Å². The lowest BCUT2D eigenvalue weighted by atomic mass is 10.2. The van der Waals surface area contributed by atoms with E-state index in [2.05, 4.69) is 15.3 Å². The van der Waals surface area contributed by atoms with E-state index in [0.717, 1.165) is 16.8 Å². The van der Waals surface area contributed by atoms with Gasteiger partial charge in [-0.05, 0) is 30.2 Å². The minimum absolute atomic E-state index is 0.214. The molecule has 0 unspecified atom stereocenters. The van der Waals surface area contributed by atoms with Crippen LogP contribution in [-0.4, -0.2) is 15.9 Å². The number of aryl methyl sites for hydroxylation is 1. The Bertz CT molecular complexity index is 566. The molecule has 0 aliphatic heterocycles. The van der Waals surface area contributed by atoms with Crippen LogP contribution in [0.2, 0.25) is 0 Å². The molecular weight excluding hydrogens is 240 g/mol. The number of nitrogens with zero attached hydrogens (tertiary/aromatic N) is 2. The van der Waals surface area contributed by atoms with Crippen molar-refractivity contribution in [2.24, 2.45) is 5.73 Å². The van der Waals surface area contributed by atoms with Crippen LogP contribution in [0, 0.1) is 6.92 Å². The van der Waals surface area contributed by atoms with E-state index in [-0.39, 0.29) is 5.91 Å². The molecule has 0 saturated heterocycles. The summed E-state index contributed by atoms with van der Waals surface area (Å²) in [5.74, 6) is -0.214. The maximum atomic E-state index is 11.9. The van der Waals surface area contributed by atoms with Crippen LogP contribution in [-0.2, 0) is 13.1 Å². The molecule has 2 aromatic rings. The van der Waals surface area contributed by atoms with Crippen LogP contribution in [0.25, 0.3) is 0 Å². The lowest BCUT2D eigenvalue weighted by Gasteiger charge is -2.06. The predicted molar refractivity (Wildman–Crippen MR) is 72.3 cm³/mol. The number of hydrogen-bond donors (Lipinski definition) is 2. The topological polar surface area (TPSA) is 80.9 Å². The highest BCUT2D eigenvalue weighted by atomic mass is 16.1. The SMILES string of the molecule is Cc1cccnc1CNC(=O)c1ccc(CN)cn1. The van der Waals surface area contributed by atoms with Crippen molar-refractivity contribution in [1.82, 2.24) is 15.3 Å². The van der Waals surface area contributed by atoms with Crippen molar-refractivity contribution >= 4 is 5.91 Å². The number of amides is 1. The first kappa shape index (κ1) is 13.2. The molecule has 98 valence electrons. The van der Waals surface area contributed by atoms with Crippen LogP contribution >= 0.6 is 0 Å². The molecule has 19 heavy (non-hydrogen) atoms. The predicted octanol–water partition coefficient (Wildman–Crippen LogP) is 1.17. The van der Waals surface area contributed by atoms with Gasteiger partial charge in [-0.25, -0.2) is 0 Å². The lowest BCUT2D eigenvalue weighted by molar-refractivity contribution is 0.0945. The Kier molecular flexibility index (Phi) is 4.20. The van der Waals surface area contributed by atoms with Gasteiger partial charge in [0, 0.05) is 18.9 Å². The summed E-state index contributed by atoms with van der Waals surface area (Å²) in [5, 5.41) is 2.80. The fourth-order valence-corrected chi connectivity index (χ4v) is 1.64. The van der Waals surface area contributed by atoms with E-state index in [1.165, 1.54) is 0 Å². The molecule has 2 aromatic heterocycles. The van der Waals surface area contributed by atoms with E-state index in [9.17, 15) is 4.79 Å². The highest BCUT2D eigenvalue weighted by Gasteiger charge is 2.07. The van der Waals surface area contributed by atoms with Gasteiger partial charge in [0.2, 0.25) is 0 Å². The van der Waals surface area contributed by atoms with Gasteiger partial charge < -0.3 is 11.1 Å². The zero-order chi connectivity index (χ0) is 13.7. The number of pyridine rings is 2. The number of aromatic nitrogens is 2. The second-order valence-corrected chi connectivity index (χ2v) is 4.21. The van der Waals surface area contributed by atoms with E-state index in [1.807, 2.05) is 19.1 Å². The molecule has 0 atom stereocenters. The van der Waals surface area contributed by atoms with E-state index in [1.54, 1.807) is 24.5 Å². The summed E-state index contributed by atoms with van der Waals surface area (Å²) in [6.45, 7) is 2.77. The smallest absolute Gasteiger partial charge is 0.270 e. The molecule has 3 N–H and O–H groups in total. The molecule has 0 saturated carbocycles. The third kappa shape index (κ3) is 3.35. The summed E-state index contributed by atoms with van der Waals surface area (Å²) in [5.41, 5.74) is 8.67. The van der Waals surface area contributed by atoms with Gasteiger partial charge in [-0.1, -0.05) is 12.1 Å². The molecule has 0 spiro atoms. The molecule has 5 heteroatoms. The fraction of sp³-hybridized carbons (Fsp3) is 0.214. The van der Waals surface area contributed by atoms with Crippen molar-refractivity contribution in [3.05, 3.63) is 59.2 Å². The van der Waals surface area contributed by atoms with Crippen LogP contribution < -0.4 is 11.1 Å². The third-order valence-corrected chi connectivity index (χ3v) is 2.83. The second kappa shape index (κ2) is 6.06. The number of rotatable bonds is 4. The lowest BCUT2D eigenvalue weighted by Crippen LogP contribution is -2.24. The van der Waals surface area contributed by atoms with Gasteiger partial charge in [0.05, 0.1) is 12.2 Å². The largest absolute Gasteiger partial charge is 0.345 e. The maximum absolute atomic E-state index is 11.9. The van der Waals surface area contributed by atoms with Gasteiger partial charge >= 0.3 is 0 Å². The van der Waals surface area contributed by atoms with Crippen LogP contribution in [0.3, 0.4) is 0 Å². The third-order valence-electron chi connectivity index (χ3n) is 2.83. The maximum Gasteiger partial charge on any atom is 0.270 e. The minimum Gasteiger partial charge on any atom is -0.345 e. The van der Waals surface area contributed by atoms with Crippen molar-refractivity contribution in [3.8, 4) is 0 Å². The number of hydrogen-bond acceptors (Lipinski definition) is 4. The molecule has 0 bridgehead atoms. The summed E-state index contributed by atoms with van der Waals surface area (Å²) in [6.07, 6.45) is 3.32. The molecule has 1 amide bonds. The van der Waals surface area contributed by atoms with E-state index < -0.39 is 0 Å². The highest BCUT2D eigenvalue weighted by Crippen LogP contribution is 2.04. The molecule has 2 rings (SSSR count). The standard InChI is InChI=1S/C14H16N4O/c1-10-3-2-6-16-13(10)9-18-14(19)12-5-4-11(7-15)8-17-12/h2-6,8H,7,9,15H2,1H3,(H,18,19). The molecule has 0 fully saturated rings. The summed E-state index contributed by atoms with van der Waals surface area (Å²) in [6, 6.07) is 7.30. The highest BCUT2D eigenvalue weighted by molar-refractivity contribution is 5.92. The average molecular weight is 256 g/mol. The fourth-order valence-electron chi connectivity index (χ4n) is 1.64. The van der Waals surface area contributed by atoms with Gasteiger partial charge in [-0.15, -0.1) is 0 Å². The monoisotopic (exact) mass is 256 g/mol. The zero-order valence-electron chi connectivity index (χ0n) is 10.8. The minimum atomic E-state index is -0.214. The van der Waals surface area contributed by atoms with Gasteiger partial charge in [-0.2, -0.15) is 0 Å². The number of carbonyl (C=O) groups excluding carboxylic acids is 1. The van der Waals surface area contributed by atoms with Crippen molar-refractivity contribution in [2.45, 2.75) is 20.0 Å². The summed E-state index contributed by atoms with van der Waals surface area (Å²) in [4.78, 5) is 20.2. The zero-order valence-corrected chi connectivity index (χ0v) is 10.8. The van der Waals surface area contributed by atoms with Crippen molar-refractivity contribution in [1.29, 1.82) is 0 Å². The first-order valence-corrected chi connectivity index (χ1v) is 6.04. The number of nitrogens with two attached hydrogens (primary N) is 1. The first-order valence-electron chi connectivity index (χ1n) is 6.04.